The van der Waals surface area contributed by atoms with Crippen LogP contribution in [0.1, 0.15) is 25.9 Å². The first-order valence-electron chi connectivity index (χ1n) is 12.4. The Morgan fingerprint density at radius 1 is 1.26 bits per heavy atom. The average molecular weight is 534 g/mol. The van der Waals surface area contributed by atoms with Gasteiger partial charge in [0, 0.05) is 43.0 Å². The number of halogens is 1. The summed E-state index contributed by atoms with van der Waals surface area (Å²) in [7, 11) is 3.61. The van der Waals surface area contributed by atoms with Crippen LogP contribution in [-0.2, 0) is 20.0 Å². The van der Waals surface area contributed by atoms with Gasteiger partial charge in [-0.3, -0.25) is 4.79 Å². The van der Waals surface area contributed by atoms with Crippen molar-refractivity contribution in [2.45, 2.75) is 25.9 Å². The van der Waals surface area contributed by atoms with Gasteiger partial charge in [0.05, 0.1) is 42.2 Å². The topological polar surface area (TPSA) is 104 Å². The Bertz CT molecular complexity index is 1690. The van der Waals surface area contributed by atoms with Crippen LogP contribution in [0.2, 0.25) is 0 Å². The number of alkyl halides is 1. The number of rotatable bonds is 7. The second kappa shape index (κ2) is 9.48. The van der Waals surface area contributed by atoms with Gasteiger partial charge in [0.15, 0.2) is 11.5 Å². The van der Waals surface area contributed by atoms with E-state index < -0.39 is 12.7 Å². The summed E-state index contributed by atoms with van der Waals surface area (Å²) in [6.45, 7) is 2.58. The maximum Gasteiger partial charge on any atom is 0.255 e. The monoisotopic (exact) mass is 533 g/mol. The van der Waals surface area contributed by atoms with E-state index in [1.54, 1.807) is 29.4 Å². The molecule has 4 aromatic heterocycles. The van der Waals surface area contributed by atoms with Crippen LogP contribution in [0.3, 0.4) is 0 Å². The van der Waals surface area contributed by atoms with E-state index in [-0.39, 0.29) is 12.5 Å². The summed E-state index contributed by atoms with van der Waals surface area (Å²) in [4.78, 5) is 30.3. The molecule has 1 aliphatic heterocycles. The van der Waals surface area contributed by atoms with E-state index in [4.69, 9.17) is 20.4 Å². The lowest BCUT2D eigenvalue weighted by Gasteiger charge is -2.29. The van der Waals surface area contributed by atoms with Gasteiger partial charge >= 0.3 is 0 Å². The Morgan fingerprint density at radius 3 is 2.84 bits per heavy atom. The molecule has 5 aromatic rings. The van der Waals surface area contributed by atoms with Crippen LogP contribution in [0.5, 0.6) is 5.75 Å². The van der Waals surface area contributed by atoms with Gasteiger partial charge in [-0.25, -0.2) is 19.3 Å². The molecule has 0 saturated carbocycles. The summed E-state index contributed by atoms with van der Waals surface area (Å²) >= 11 is 1.66. The Hall–Kier alpha value is -3.83. The Balaban J connectivity index is 1.49. The zero-order valence-electron chi connectivity index (χ0n) is 21.4. The van der Waals surface area contributed by atoms with Gasteiger partial charge in [-0.2, -0.15) is 0 Å². The van der Waals surface area contributed by atoms with Crippen molar-refractivity contribution in [3.05, 3.63) is 57.7 Å². The van der Waals surface area contributed by atoms with Gasteiger partial charge in [0.25, 0.3) is 5.91 Å². The summed E-state index contributed by atoms with van der Waals surface area (Å²) in [5, 5.41) is 2.01. The van der Waals surface area contributed by atoms with E-state index in [1.165, 1.54) is 0 Å². The van der Waals surface area contributed by atoms with E-state index in [0.717, 1.165) is 43.7 Å². The van der Waals surface area contributed by atoms with Crippen molar-refractivity contribution in [2.24, 2.45) is 12.8 Å². The van der Waals surface area contributed by atoms with Crippen molar-refractivity contribution in [3.63, 3.8) is 0 Å². The third kappa shape index (κ3) is 4.02. The van der Waals surface area contributed by atoms with E-state index in [9.17, 15) is 9.18 Å². The van der Waals surface area contributed by atoms with Gasteiger partial charge in [0.2, 0.25) is 0 Å². The number of carbonyl (C=O) groups excluding carboxylic acids is 1. The molecule has 0 fully saturated rings. The molecule has 0 saturated heterocycles. The number of ether oxygens (including phenoxy) is 1. The second-order valence-corrected chi connectivity index (χ2v) is 10.9. The van der Waals surface area contributed by atoms with E-state index in [1.807, 2.05) is 36.9 Å². The Kier molecular flexibility index (Phi) is 6.11. The number of para-hydroxylation sites is 1. The number of methoxy groups -OCH3 is 1. The summed E-state index contributed by atoms with van der Waals surface area (Å²) in [5.74, 6) is 1.31. The predicted octanol–water partition coefficient (Wildman–Crippen LogP) is 3.71. The number of amides is 1. The predicted molar refractivity (Wildman–Crippen MR) is 146 cm³/mol. The molecule has 0 aliphatic carbocycles. The standard InChI is InChI=1S/C27H28FN7O2S/c1-15-12-30-23(38-15)14-35-21(9-16-5-4-6-22(37-3)24(16)35)26-32-20-10-18-19(31-25(20)33(26)2)7-8-34(27(18)36)13-17(29)11-28/h4-6,9-10,12,17H,7-8,11,13-14,29H2,1-3H3/t17-/m1/s1. The van der Waals surface area contributed by atoms with Crippen LogP contribution < -0.4 is 10.5 Å². The molecule has 6 rings (SSSR count). The minimum Gasteiger partial charge on any atom is -0.495 e. The number of hydrogen-bond donors (Lipinski definition) is 1. The zero-order valence-corrected chi connectivity index (χ0v) is 22.3. The van der Waals surface area contributed by atoms with Gasteiger partial charge in [-0.1, -0.05) is 12.1 Å². The van der Waals surface area contributed by atoms with Crippen LogP contribution >= 0.6 is 11.3 Å². The van der Waals surface area contributed by atoms with Crippen molar-refractivity contribution in [1.82, 2.24) is 29.0 Å². The van der Waals surface area contributed by atoms with Gasteiger partial charge < -0.3 is 24.5 Å². The van der Waals surface area contributed by atoms with Crippen molar-refractivity contribution in [1.29, 1.82) is 0 Å². The fourth-order valence-corrected chi connectivity index (χ4v) is 5.96. The minimum atomic E-state index is -0.695. The number of nitrogens with zero attached hydrogens (tertiary/aromatic N) is 6. The molecule has 0 unspecified atom stereocenters. The summed E-state index contributed by atoms with van der Waals surface area (Å²) in [5.41, 5.74) is 10.2. The molecule has 9 nitrogen and oxygen atoms in total. The minimum absolute atomic E-state index is 0.179. The fraction of sp³-hybridized carbons (Fsp3) is 0.333. The van der Waals surface area contributed by atoms with E-state index in [2.05, 4.69) is 21.7 Å². The van der Waals surface area contributed by atoms with Crippen molar-refractivity contribution in [2.75, 3.05) is 26.9 Å². The van der Waals surface area contributed by atoms with Crippen molar-refractivity contribution >= 4 is 39.3 Å². The first-order valence-corrected chi connectivity index (χ1v) is 13.2. The van der Waals surface area contributed by atoms with Gasteiger partial charge in [-0.05, 0) is 25.1 Å². The molecule has 1 atom stereocenters. The lowest BCUT2D eigenvalue weighted by molar-refractivity contribution is 0.0723. The SMILES string of the molecule is COc1cccc2cc(-c3nc4cc5c(nc4n3C)CCN(C[C@H](N)CF)C5=O)n(Cc3ncc(C)s3)c12. The summed E-state index contributed by atoms with van der Waals surface area (Å²) < 4.78 is 22.8. The first kappa shape index (κ1) is 24.5. The maximum absolute atomic E-state index is 13.2. The second-order valence-electron chi connectivity index (χ2n) is 9.61. The van der Waals surface area contributed by atoms with Crippen molar-refractivity contribution in [3.8, 4) is 17.3 Å². The Labute approximate surface area is 222 Å². The highest BCUT2D eigenvalue weighted by molar-refractivity contribution is 7.11. The number of carbonyl (C=O) groups is 1. The van der Waals surface area contributed by atoms with Crippen LogP contribution in [-0.4, -0.2) is 67.8 Å². The molecule has 5 heterocycles. The number of pyridine rings is 1. The lowest BCUT2D eigenvalue weighted by Crippen LogP contribution is -2.45. The molecular formula is C27H28FN7O2S. The average Bonchev–Trinajstić information content (AvgIpc) is 3.60. The third-order valence-corrected chi connectivity index (χ3v) is 7.91. The van der Waals surface area contributed by atoms with E-state index >= 15 is 0 Å². The lowest BCUT2D eigenvalue weighted by atomic mass is 10.0. The molecular weight excluding hydrogens is 505 g/mol. The molecule has 1 amide bonds. The van der Waals surface area contributed by atoms with E-state index in [0.29, 0.717) is 36.2 Å². The number of benzene rings is 1. The van der Waals surface area contributed by atoms with Gasteiger partial charge in [0.1, 0.15) is 22.9 Å². The number of fused-ring (bicyclic) bond motifs is 3. The molecule has 11 heteroatoms. The Morgan fingerprint density at radius 2 is 2.11 bits per heavy atom. The molecule has 1 aromatic carbocycles. The molecule has 1 aliphatic rings. The summed E-state index contributed by atoms with van der Waals surface area (Å²) in [6, 6.07) is 9.18. The highest BCUT2D eigenvalue weighted by Gasteiger charge is 2.29. The smallest absolute Gasteiger partial charge is 0.255 e. The number of aryl methyl sites for hydroxylation is 2. The number of thiazole rings is 1. The fourth-order valence-electron chi connectivity index (χ4n) is 5.19. The zero-order chi connectivity index (χ0) is 26.6. The van der Waals surface area contributed by atoms with Crippen LogP contribution in [0, 0.1) is 6.92 Å². The molecule has 196 valence electrons. The first-order chi connectivity index (χ1) is 18.4. The summed E-state index contributed by atoms with van der Waals surface area (Å²) in [6.07, 6.45) is 2.46. The van der Waals surface area contributed by atoms with Crippen LogP contribution in [0.4, 0.5) is 4.39 Å². The number of aromatic nitrogens is 5. The van der Waals surface area contributed by atoms with Crippen molar-refractivity contribution < 1.29 is 13.9 Å². The molecule has 0 bridgehead atoms. The molecule has 2 N–H and O–H groups in total. The number of imidazole rings is 1. The molecule has 38 heavy (non-hydrogen) atoms. The molecule has 0 spiro atoms. The number of hydrogen-bond acceptors (Lipinski definition) is 7. The van der Waals surface area contributed by atoms with Gasteiger partial charge in [-0.15, -0.1) is 11.3 Å². The van der Waals surface area contributed by atoms with Crippen LogP contribution in [0.25, 0.3) is 33.6 Å². The highest BCUT2D eigenvalue weighted by atomic mass is 32.1. The van der Waals surface area contributed by atoms with Crippen LogP contribution in [0.15, 0.2) is 36.5 Å². The molecule has 0 radical (unpaired) electrons. The highest BCUT2D eigenvalue weighted by Crippen LogP contribution is 2.36. The maximum atomic E-state index is 13.2. The third-order valence-electron chi connectivity index (χ3n) is 7.01. The normalized spacial score (nSPS) is 14.4. The largest absolute Gasteiger partial charge is 0.495 e. The quantitative estimate of drug-likeness (QED) is 0.342. The number of nitrogens with two attached hydrogens (primary N) is 1.